The maximum Gasteiger partial charge on any atom is 0.338 e. The molecule has 0 fully saturated rings. The first-order valence-electron chi connectivity index (χ1n) is 11.6. The number of fused-ring (bicyclic) bond motifs is 1. The molecular weight excluding hydrogens is 464 g/mol. The molecule has 0 saturated carbocycles. The van der Waals surface area contributed by atoms with Crippen molar-refractivity contribution in [2.45, 2.75) is 26.1 Å². The Kier molecular flexibility index (Phi) is 8.29. The number of halogens is 1. The zero-order chi connectivity index (χ0) is 24.6. The van der Waals surface area contributed by atoms with Crippen LogP contribution in [-0.4, -0.2) is 42.9 Å². The van der Waals surface area contributed by atoms with E-state index in [4.69, 9.17) is 25.8 Å². The molecule has 6 nitrogen and oxygen atoms in total. The Balaban J connectivity index is 1.39. The average Bonchev–Trinajstić information content (AvgIpc) is 3.31. The number of aromatic amines is 1. The van der Waals surface area contributed by atoms with E-state index in [2.05, 4.69) is 16.4 Å². The second-order valence-corrected chi connectivity index (χ2v) is 8.88. The van der Waals surface area contributed by atoms with Gasteiger partial charge in [-0.2, -0.15) is 0 Å². The van der Waals surface area contributed by atoms with Gasteiger partial charge in [0, 0.05) is 35.2 Å². The molecule has 0 aliphatic heterocycles. The zero-order valence-corrected chi connectivity index (χ0v) is 20.5. The molecule has 35 heavy (non-hydrogen) atoms. The lowest BCUT2D eigenvalue weighted by atomic mass is 10.1. The van der Waals surface area contributed by atoms with Gasteiger partial charge >= 0.3 is 5.97 Å². The van der Waals surface area contributed by atoms with E-state index in [0.29, 0.717) is 23.7 Å². The van der Waals surface area contributed by atoms with Crippen LogP contribution in [0.5, 0.6) is 11.5 Å². The summed E-state index contributed by atoms with van der Waals surface area (Å²) in [5.74, 6) is 1.13. The molecule has 1 aromatic heterocycles. The van der Waals surface area contributed by atoms with Crippen LogP contribution in [0.4, 0.5) is 0 Å². The molecule has 182 valence electrons. The molecule has 0 spiro atoms. The van der Waals surface area contributed by atoms with E-state index in [1.807, 2.05) is 62.5 Å². The monoisotopic (exact) mass is 492 g/mol. The lowest BCUT2D eigenvalue weighted by Crippen LogP contribution is -2.39. The van der Waals surface area contributed by atoms with Crippen LogP contribution in [0.15, 0.2) is 79.0 Å². The molecule has 2 unspecified atom stereocenters. The molecule has 0 amide bonds. The molecule has 4 aromatic rings. The highest BCUT2D eigenvalue weighted by atomic mass is 35.5. The van der Waals surface area contributed by atoms with Gasteiger partial charge in [-0.3, -0.25) is 0 Å². The van der Waals surface area contributed by atoms with E-state index in [9.17, 15) is 4.79 Å². The minimum absolute atomic E-state index is 0.0674. The summed E-state index contributed by atoms with van der Waals surface area (Å²) < 4.78 is 17.9. The Morgan fingerprint density at radius 2 is 1.80 bits per heavy atom. The van der Waals surface area contributed by atoms with Gasteiger partial charge in [-0.1, -0.05) is 29.8 Å². The first kappa shape index (κ1) is 24.6. The zero-order valence-electron chi connectivity index (χ0n) is 19.8. The van der Waals surface area contributed by atoms with Crippen LogP contribution in [0.25, 0.3) is 10.9 Å². The van der Waals surface area contributed by atoms with Gasteiger partial charge in [0.05, 0.1) is 5.56 Å². The number of esters is 1. The van der Waals surface area contributed by atoms with Gasteiger partial charge in [-0.05, 0) is 74.0 Å². The van der Waals surface area contributed by atoms with Crippen LogP contribution in [0.1, 0.15) is 22.8 Å². The lowest BCUT2D eigenvalue weighted by molar-refractivity contribution is 0.0174. The molecule has 0 bridgehead atoms. The number of benzene rings is 3. The van der Waals surface area contributed by atoms with Gasteiger partial charge < -0.3 is 24.5 Å². The smallest absolute Gasteiger partial charge is 0.338 e. The largest absolute Gasteiger partial charge is 0.489 e. The molecule has 2 atom stereocenters. The van der Waals surface area contributed by atoms with Gasteiger partial charge in [0.2, 0.25) is 0 Å². The van der Waals surface area contributed by atoms with Crippen molar-refractivity contribution in [2.75, 3.05) is 19.7 Å². The topological polar surface area (TPSA) is 72.6 Å². The number of carbonyl (C=O) groups excluding carboxylic acids is 1. The molecule has 0 saturated heterocycles. The van der Waals surface area contributed by atoms with Crippen molar-refractivity contribution < 1.29 is 19.0 Å². The number of para-hydroxylation sites is 1. The average molecular weight is 493 g/mol. The van der Waals surface area contributed by atoms with Crippen molar-refractivity contribution in [3.63, 3.8) is 0 Å². The molecule has 2 N–H and O–H groups in total. The minimum atomic E-state index is -0.517. The molecule has 1 heterocycles. The molecule has 0 radical (unpaired) electrons. The van der Waals surface area contributed by atoms with E-state index in [1.54, 1.807) is 24.3 Å². The normalized spacial score (nSPS) is 12.8. The Morgan fingerprint density at radius 3 is 2.57 bits per heavy atom. The fourth-order valence-corrected chi connectivity index (χ4v) is 3.86. The highest BCUT2D eigenvalue weighted by molar-refractivity contribution is 6.30. The second-order valence-electron chi connectivity index (χ2n) is 8.45. The third-order valence-corrected chi connectivity index (χ3v) is 5.69. The van der Waals surface area contributed by atoms with Crippen molar-refractivity contribution in [1.82, 2.24) is 10.3 Å². The fraction of sp³-hybridized carbons (Fsp3) is 0.250. The van der Waals surface area contributed by atoms with Crippen LogP contribution >= 0.6 is 11.6 Å². The number of carbonyl (C=O) groups is 1. The lowest BCUT2D eigenvalue weighted by Gasteiger charge is -2.21. The Hall–Kier alpha value is -3.48. The first-order valence-corrected chi connectivity index (χ1v) is 12.0. The van der Waals surface area contributed by atoms with E-state index < -0.39 is 12.1 Å². The van der Waals surface area contributed by atoms with E-state index in [1.165, 1.54) is 0 Å². The van der Waals surface area contributed by atoms with E-state index in [-0.39, 0.29) is 12.7 Å². The van der Waals surface area contributed by atoms with Gasteiger partial charge in [0.1, 0.15) is 30.3 Å². The van der Waals surface area contributed by atoms with Crippen LogP contribution in [0.2, 0.25) is 5.02 Å². The molecular formula is C28H29ClN2O4. The third-order valence-electron chi connectivity index (χ3n) is 5.44. The van der Waals surface area contributed by atoms with Crippen molar-refractivity contribution in [2.24, 2.45) is 0 Å². The Bertz CT molecular complexity index is 1240. The highest BCUT2D eigenvalue weighted by Crippen LogP contribution is 2.27. The van der Waals surface area contributed by atoms with Crippen LogP contribution in [0.3, 0.4) is 0 Å². The predicted octanol–water partition coefficient (Wildman–Crippen LogP) is 5.79. The predicted molar refractivity (Wildman–Crippen MR) is 139 cm³/mol. The number of aromatic nitrogens is 1. The second kappa shape index (κ2) is 11.8. The summed E-state index contributed by atoms with van der Waals surface area (Å²) in [5, 5.41) is 4.88. The Labute approximate surface area is 210 Å². The molecule has 0 aliphatic carbocycles. The van der Waals surface area contributed by atoms with Crippen molar-refractivity contribution >= 4 is 28.5 Å². The SMILES string of the molecule is Cc1cc(OCC(CNCC(C)Oc2ccccc2)OC(=O)c2ccc(Cl)cc2)c2cc[nH]c2c1. The summed E-state index contributed by atoms with van der Waals surface area (Å²) in [5.41, 5.74) is 2.51. The molecule has 3 aromatic carbocycles. The summed E-state index contributed by atoms with van der Waals surface area (Å²) in [4.78, 5) is 16.0. The summed E-state index contributed by atoms with van der Waals surface area (Å²) in [6.45, 7) is 5.19. The van der Waals surface area contributed by atoms with Gasteiger partial charge in [-0.25, -0.2) is 4.79 Å². The number of hydrogen-bond donors (Lipinski definition) is 2. The molecule has 0 aliphatic rings. The summed E-state index contributed by atoms with van der Waals surface area (Å²) in [6, 6.07) is 22.3. The maximum absolute atomic E-state index is 12.8. The van der Waals surface area contributed by atoms with Crippen molar-refractivity contribution in [3.8, 4) is 11.5 Å². The number of rotatable bonds is 11. The molecule has 4 rings (SSSR count). The third kappa shape index (κ3) is 7.01. The first-order chi connectivity index (χ1) is 17.0. The number of aryl methyl sites for hydroxylation is 1. The van der Waals surface area contributed by atoms with Crippen LogP contribution < -0.4 is 14.8 Å². The summed E-state index contributed by atoms with van der Waals surface area (Å²) >= 11 is 5.95. The number of hydrogen-bond acceptors (Lipinski definition) is 5. The number of ether oxygens (including phenoxy) is 3. The van der Waals surface area contributed by atoms with E-state index in [0.717, 1.165) is 28.0 Å². The standard InChI is InChI=1S/C28H29ClN2O4/c1-19-14-26-25(12-13-31-26)27(15-19)33-18-24(35-28(32)21-8-10-22(29)11-9-21)17-30-16-20(2)34-23-6-4-3-5-7-23/h3-15,20,24,30-31H,16-18H2,1-2H3. The summed E-state index contributed by atoms with van der Waals surface area (Å²) in [6.07, 6.45) is 1.30. The van der Waals surface area contributed by atoms with E-state index >= 15 is 0 Å². The van der Waals surface area contributed by atoms with Crippen molar-refractivity contribution in [1.29, 1.82) is 0 Å². The number of H-pyrrole nitrogens is 1. The van der Waals surface area contributed by atoms with Crippen LogP contribution in [0, 0.1) is 6.92 Å². The van der Waals surface area contributed by atoms with Crippen LogP contribution in [-0.2, 0) is 4.74 Å². The summed E-state index contributed by atoms with van der Waals surface area (Å²) in [7, 11) is 0. The quantitative estimate of drug-likeness (QED) is 0.259. The minimum Gasteiger partial charge on any atom is -0.489 e. The maximum atomic E-state index is 12.8. The van der Waals surface area contributed by atoms with Gasteiger partial charge in [0.15, 0.2) is 0 Å². The highest BCUT2D eigenvalue weighted by Gasteiger charge is 2.18. The van der Waals surface area contributed by atoms with Gasteiger partial charge in [-0.15, -0.1) is 0 Å². The van der Waals surface area contributed by atoms with Gasteiger partial charge in [0.25, 0.3) is 0 Å². The molecule has 7 heteroatoms. The number of nitrogens with one attached hydrogen (secondary N) is 2. The van der Waals surface area contributed by atoms with Crippen molar-refractivity contribution in [3.05, 3.63) is 95.1 Å². The Morgan fingerprint density at radius 1 is 1.03 bits per heavy atom. The fourth-order valence-electron chi connectivity index (χ4n) is 3.73.